The molecule has 9 heteroatoms. The lowest BCUT2D eigenvalue weighted by Crippen LogP contribution is -1.87. The monoisotopic (exact) mass is 411 g/mol. The minimum Gasteiger partial charge on any atom is -0.466 e. The summed E-state index contributed by atoms with van der Waals surface area (Å²) in [5.74, 6) is 2.76. The first-order valence-electron chi connectivity index (χ1n) is 8.54. The van der Waals surface area contributed by atoms with Crippen molar-refractivity contribution in [3.63, 3.8) is 0 Å². The van der Waals surface area contributed by atoms with Crippen LogP contribution in [0.4, 0.5) is 5.69 Å². The number of aryl methyl sites for hydroxylation is 2. The van der Waals surface area contributed by atoms with E-state index in [1.165, 1.54) is 18.2 Å². The molecule has 0 bridgehead atoms. The highest BCUT2D eigenvalue weighted by atomic mass is 35.5. The van der Waals surface area contributed by atoms with Crippen LogP contribution >= 0.6 is 11.6 Å². The smallest absolute Gasteiger partial charge is 0.270 e. The number of hydrogen-bond donors (Lipinski definition) is 0. The van der Waals surface area contributed by atoms with Gasteiger partial charge in [0.15, 0.2) is 0 Å². The summed E-state index contributed by atoms with van der Waals surface area (Å²) in [6.45, 7) is 3.64. The fourth-order valence-corrected chi connectivity index (χ4v) is 3.00. The molecule has 0 fully saturated rings. The van der Waals surface area contributed by atoms with Crippen molar-refractivity contribution in [3.8, 4) is 22.8 Å². The first-order valence-corrected chi connectivity index (χ1v) is 8.91. The van der Waals surface area contributed by atoms with Crippen molar-refractivity contribution in [1.82, 2.24) is 10.2 Å². The third-order valence-corrected chi connectivity index (χ3v) is 4.41. The zero-order valence-corrected chi connectivity index (χ0v) is 16.1. The molecule has 0 saturated carbocycles. The largest absolute Gasteiger partial charge is 0.466 e. The molecule has 4 rings (SSSR count). The molecule has 0 saturated heterocycles. The topological polar surface area (TPSA) is 108 Å². The molecule has 4 aromatic rings. The van der Waals surface area contributed by atoms with Gasteiger partial charge in [0.2, 0.25) is 0 Å². The van der Waals surface area contributed by atoms with Gasteiger partial charge in [-0.25, -0.2) is 0 Å². The van der Waals surface area contributed by atoms with Gasteiger partial charge in [-0.05, 0) is 32.0 Å². The molecule has 1 aromatic carbocycles. The Bertz CT molecular complexity index is 1230. The highest BCUT2D eigenvalue weighted by molar-refractivity contribution is 6.50. The van der Waals surface area contributed by atoms with Crippen molar-refractivity contribution < 1.29 is 18.2 Å². The van der Waals surface area contributed by atoms with Gasteiger partial charge in [-0.15, -0.1) is 10.2 Å². The predicted molar refractivity (Wildman–Crippen MR) is 106 cm³/mol. The van der Waals surface area contributed by atoms with Gasteiger partial charge >= 0.3 is 0 Å². The zero-order chi connectivity index (χ0) is 20.5. The molecule has 29 heavy (non-hydrogen) atoms. The van der Waals surface area contributed by atoms with Gasteiger partial charge in [0.25, 0.3) is 17.5 Å². The van der Waals surface area contributed by atoms with Gasteiger partial charge in [-0.1, -0.05) is 23.7 Å². The Labute approximate surface area is 169 Å². The average Bonchev–Trinajstić information content (AvgIpc) is 3.41. The molecule has 8 nitrogen and oxygen atoms in total. The van der Waals surface area contributed by atoms with Gasteiger partial charge in [-0.2, -0.15) is 0 Å². The van der Waals surface area contributed by atoms with Crippen molar-refractivity contribution in [2.45, 2.75) is 13.8 Å². The molecule has 0 unspecified atom stereocenters. The fourth-order valence-electron chi connectivity index (χ4n) is 2.82. The molecule has 146 valence electrons. The van der Waals surface area contributed by atoms with E-state index in [-0.39, 0.29) is 16.6 Å². The first-order chi connectivity index (χ1) is 13.9. The summed E-state index contributed by atoms with van der Waals surface area (Å²) in [6, 6.07) is 11.4. The molecule has 0 radical (unpaired) electrons. The summed E-state index contributed by atoms with van der Waals surface area (Å²) in [6.07, 6.45) is 1.53. The second-order valence-corrected chi connectivity index (χ2v) is 6.65. The van der Waals surface area contributed by atoms with Gasteiger partial charge in [-0.3, -0.25) is 10.1 Å². The molecule has 0 N–H and O–H groups in total. The highest BCUT2D eigenvalue weighted by Crippen LogP contribution is 2.30. The lowest BCUT2D eigenvalue weighted by Gasteiger charge is -1.97. The van der Waals surface area contributed by atoms with Crippen molar-refractivity contribution in [2.24, 2.45) is 0 Å². The standard InChI is InChI=1S/C20H14ClN3O5/c1-11-8-16(12(2)27-11)19-22-23-20(29-19)17(21)10-15-6-7-18(28-15)13-4-3-5-14(9-13)24(25)26/h3-10H,1-2H3/b17-10-. The van der Waals surface area contributed by atoms with Gasteiger partial charge < -0.3 is 13.3 Å². The van der Waals surface area contributed by atoms with Crippen molar-refractivity contribution in [3.05, 3.63) is 75.8 Å². The van der Waals surface area contributed by atoms with E-state index < -0.39 is 4.92 Å². The van der Waals surface area contributed by atoms with E-state index in [9.17, 15) is 10.1 Å². The predicted octanol–water partition coefficient (Wildman–Crippen LogP) is 5.85. The van der Waals surface area contributed by atoms with Crippen LogP contribution in [0.15, 0.2) is 55.7 Å². The van der Waals surface area contributed by atoms with Crippen LogP contribution in [0.3, 0.4) is 0 Å². The van der Waals surface area contributed by atoms with Crippen LogP contribution in [-0.4, -0.2) is 15.1 Å². The summed E-state index contributed by atoms with van der Waals surface area (Å²) < 4.78 is 16.8. The third kappa shape index (κ3) is 3.83. The van der Waals surface area contributed by atoms with Crippen LogP contribution in [0.5, 0.6) is 0 Å². The molecular formula is C20H14ClN3O5. The number of rotatable bonds is 5. The third-order valence-electron chi connectivity index (χ3n) is 4.14. The van der Waals surface area contributed by atoms with Crippen LogP contribution in [-0.2, 0) is 0 Å². The van der Waals surface area contributed by atoms with Crippen molar-refractivity contribution >= 4 is 28.4 Å². The van der Waals surface area contributed by atoms with Gasteiger partial charge in [0.05, 0.1) is 10.5 Å². The summed E-state index contributed by atoms with van der Waals surface area (Å²) in [5.41, 5.74) is 1.27. The first kappa shape index (κ1) is 18.7. The Kier molecular flexibility index (Phi) is 4.77. The van der Waals surface area contributed by atoms with Crippen LogP contribution in [0, 0.1) is 24.0 Å². The average molecular weight is 412 g/mol. The van der Waals surface area contributed by atoms with E-state index in [4.69, 9.17) is 24.9 Å². The second kappa shape index (κ2) is 7.40. The lowest BCUT2D eigenvalue weighted by atomic mass is 10.1. The Morgan fingerprint density at radius 1 is 1.10 bits per heavy atom. The summed E-state index contributed by atoms with van der Waals surface area (Å²) >= 11 is 6.30. The maximum atomic E-state index is 10.9. The maximum absolute atomic E-state index is 10.9. The normalized spacial score (nSPS) is 11.8. The van der Waals surface area contributed by atoms with Crippen LogP contribution in [0.1, 0.15) is 23.2 Å². The Morgan fingerprint density at radius 3 is 2.66 bits per heavy atom. The quantitative estimate of drug-likeness (QED) is 0.299. The summed E-state index contributed by atoms with van der Waals surface area (Å²) in [4.78, 5) is 10.5. The van der Waals surface area contributed by atoms with E-state index in [1.54, 1.807) is 24.3 Å². The number of nitro benzene ring substituents is 1. The lowest BCUT2D eigenvalue weighted by molar-refractivity contribution is -0.384. The van der Waals surface area contributed by atoms with E-state index in [1.807, 2.05) is 19.9 Å². The summed E-state index contributed by atoms with van der Waals surface area (Å²) in [5, 5.41) is 19.1. The number of nitrogens with zero attached hydrogens (tertiary/aromatic N) is 3. The zero-order valence-electron chi connectivity index (χ0n) is 15.4. The minimum atomic E-state index is -0.458. The van der Waals surface area contributed by atoms with Gasteiger partial charge in [0.1, 0.15) is 28.1 Å². The molecule has 0 spiro atoms. The highest BCUT2D eigenvalue weighted by Gasteiger charge is 2.17. The molecular weight excluding hydrogens is 398 g/mol. The SMILES string of the molecule is Cc1cc(-c2nnc(/C(Cl)=C/c3ccc(-c4cccc([N+](=O)[O-])c4)o3)o2)c(C)o1. The molecule has 0 aliphatic carbocycles. The number of halogens is 1. The van der Waals surface area contributed by atoms with E-state index in [0.717, 1.165) is 5.76 Å². The van der Waals surface area contributed by atoms with E-state index >= 15 is 0 Å². The fraction of sp³-hybridized carbons (Fsp3) is 0.100. The number of aromatic nitrogens is 2. The molecule has 3 aromatic heterocycles. The van der Waals surface area contributed by atoms with Crippen molar-refractivity contribution in [2.75, 3.05) is 0 Å². The molecule has 0 aliphatic rings. The van der Waals surface area contributed by atoms with Crippen molar-refractivity contribution in [1.29, 1.82) is 0 Å². The van der Waals surface area contributed by atoms with Crippen LogP contribution in [0.25, 0.3) is 33.9 Å². The second-order valence-electron chi connectivity index (χ2n) is 6.24. The molecule has 0 atom stereocenters. The number of benzene rings is 1. The Morgan fingerprint density at radius 2 is 1.93 bits per heavy atom. The Balaban J connectivity index is 1.59. The van der Waals surface area contributed by atoms with E-state index in [0.29, 0.717) is 34.3 Å². The van der Waals surface area contributed by atoms with E-state index in [2.05, 4.69) is 10.2 Å². The molecule has 3 heterocycles. The van der Waals surface area contributed by atoms with Crippen LogP contribution < -0.4 is 0 Å². The maximum Gasteiger partial charge on any atom is 0.270 e. The number of hydrogen-bond acceptors (Lipinski definition) is 7. The number of non-ortho nitro benzene ring substituents is 1. The summed E-state index contributed by atoms with van der Waals surface area (Å²) in [7, 11) is 0. The molecule has 0 amide bonds. The number of nitro groups is 1. The van der Waals surface area contributed by atoms with Crippen LogP contribution in [0.2, 0.25) is 0 Å². The number of furan rings is 2. The minimum absolute atomic E-state index is 0.0165. The van der Waals surface area contributed by atoms with Gasteiger partial charge in [0, 0.05) is 23.8 Å². The Hall–Kier alpha value is -3.65. The molecule has 0 aliphatic heterocycles.